The first-order valence-corrected chi connectivity index (χ1v) is 6.06. The van der Waals surface area contributed by atoms with Crippen LogP contribution >= 0.6 is 11.3 Å². The summed E-state index contributed by atoms with van der Waals surface area (Å²) in [7, 11) is 0. The molecule has 0 saturated carbocycles. The van der Waals surface area contributed by atoms with Crippen LogP contribution in [0.2, 0.25) is 0 Å². The quantitative estimate of drug-likeness (QED) is 0.663. The molecule has 0 aromatic carbocycles. The molecule has 5 heteroatoms. The summed E-state index contributed by atoms with van der Waals surface area (Å²) in [5, 5.41) is 6.86. The van der Waals surface area contributed by atoms with Crippen molar-refractivity contribution >= 4 is 22.6 Å². The van der Waals surface area contributed by atoms with Crippen molar-refractivity contribution in [2.45, 2.75) is 6.42 Å². The molecular weight excluding hydrogens is 234 g/mol. The zero-order valence-corrected chi connectivity index (χ0v) is 9.72. The lowest BCUT2D eigenvalue weighted by Crippen LogP contribution is -2.02. The molecule has 3 aromatic rings. The van der Waals surface area contributed by atoms with E-state index in [4.69, 9.17) is 0 Å². The number of rotatable bonds is 3. The van der Waals surface area contributed by atoms with Gasteiger partial charge in [0.2, 0.25) is 0 Å². The molecule has 0 aliphatic rings. The number of Topliss-reactive ketones (excluding diaryl/α,β-unsaturated/α-hetero) is 1. The van der Waals surface area contributed by atoms with Gasteiger partial charge in [-0.25, -0.2) is 9.50 Å². The normalized spacial score (nSPS) is 10.8. The van der Waals surface area contributed by atoms with Crippen LogP contribution in [0.1, 0.15) is 15.4 Å². The first kappa shape index (κ1) is 10.2. The largest absolute Gasteiger partial charge is 0.294 e. The molecule has 0 N–H and O–H groups in total. The van der Waals surface area contributed by atoms with Gasteiger partial charge in [0.1, 0.15) is 5.01 Å². The molecule has 84 valence electrons. The second-order valence-corrected chi connectivity index (χ2v) is 4.59. The Morgan fingerprint density at radius 3 is 3.18 bits per heavy atom. The summed E-state index contributed by atoms with van der Waals surface area (Å²) >= 11 is 1.49. The van der Waals surface area contributed by atoms with Crippen LogP contribution in [-0.2, 0) is 6.42 Å². The fourth-order valence-corrected chi connectivity index (χ4v) is 2.34. The predicted octanol–water partition coefficient (Wildman–Crippen LogP) is 2.22. The van der Waals surface area contributed by atoms with E-state index in [9.17, 15) is 4.79 Å². The lowest BCUT2D eigenvalue weighted by atomic mass is 10.1. The van der Waals surface area contributed by atoms with Crippen LogP contribution in [0.5, 0.6) is 0 Å². The number of ketones is 1. The maximum atomic E-state index is 12.1. The van der Waals surface area contributed by atoms with Gasteiger partial charge in [0, 0.05) is 17.8 Å². The van der Waals surface area contributed by atoms with Crippen LogP contribution in [-0.4, -0.2) is 20.4 Å². The van der Waals surface area contributed by atoms with Gasteiger partial charge >= 0.3 is 0 Å². The van der Waals surface area contributed by atoms with Gasteiger partial charge in [0.25, 0.3) is 0 Å². The Labute approximate surface area is 102 Å². The van der Waals surface area contributed by atoms with Crippen molar-refractivity contribution in [3.05, 3.63) is 52.7 Å². The third-order valence-electron chi connectivity index (χ3n) is 2.52. The van der Waals surface area contributed by atoms with E-state index >= 15 is 0 Å². The number of hydrogen-bond donors (Lipinski definition) is 0. The number of fused-ring (bicyclic) bond motifs is 1. The summed E-state index contributed by atoms with van der Waals surface area (Å²) in [6.45, 7) is 0. The first-order valence-electron chi connectivity index (χ1n) is 5.18. The molecule has 0 unspecified atom stereocenters. The van der Waals surface area contributed by atoms with Crippen LogP contribution < -0.4 is 0 Å². The molecule has 4 nitrogen and oxygen atoms in total. The smallest absolute Gasteiger partial charge is 0.173 e. The van der Waals surface area contributed by atoms with Crippen molar-refractivity contribution in [2.75, 3.05) is 0 Å². The SMILES string of the molecule is O=C(Cc1nccs1)c1cnn2ccccc12. The van der Waals surface area contributed by atoms with Crippen LogP contribution in [0.3, 0.4) is 0 Å². The standard InChI is InChI=1S/C12H9N3OS/c16-11(7-12-13-4-6-17-12)9-8-14-15-5-2-1-3-10(9)15/h1-6,8H,7H2. The zero-order valence-electron chi connectivity index (χ0n) is 8.91. The average Bonchev–Trinajstić information content (AvgIpc) is 2.96. The fraction of sp³-hybridized carbons (Fsp3) is 0.0833. The summed E-state index contributed by atoms with van der Waals surface area (Å²) in [5.74, 6) is 0.0566. The Bertz CT molecular complexity index is 657. The Balaban J connectivity index is 1.96. The highest BCUT2D eigenvalue weighted by Crippen LogP contribution is 2.14. The highest BCUT2D eigenvalue weighted by atomic mass is 32.1. The molecule has 0 spiro atoms. The second kappa shape index (κ2) is 4.10. The van der Waals surface area contributed by atoms with Crippen molar-refractivity contribution < 1.29 is 4.79 Å². The number of carbonyl (C=O) groups is 1. The predicted molar refractivity (Wildman–Crippen MR) is 65.3 cm³/mol. The van der Waals surface area contributed by atoms with E-state index in [0.717, 1.165) is 10.5 Å². The maximum absolute atomic E-state index is 12.1. The molecule has 3 aromatic heterocycles. The Kier molecular flexibility index (Phi) is 2.45. The average molecular weight is 243 g/mol. The van der Waals surface area contributed by atoms with E-state index in [2.05, 4.69) is 10.1 Å². The van der Waals surface area contributed by atoms with Crippen molar-refractivity contribution in [3.8, 4) is 0 Å². The monoisotopic (exact) mass is 243 g/mol. The van der Waals surface area contributed by atoms with E-state index in [-0.39, 0.29) is 5.78 Å². The number of hydrogen-bond acceptors (Lipinski definition) is 4. The number of nitrogens with zero attached hydrogens (tertiary/aromatic N) is 3. The lowest BCUT2D eigenvalue weighted by Gasteiger charge is -1.96. The van der Waals surface area contributed by atoms with E-state index in [1.165, 1.54) is 11.3 Å². The number of carbonyl (C=O) groups excluding carboxylic acids is 1. The van der Waals surface area contributed by atoms with Gasteiger partial charge in [0.15, 0.2) is 5.78 Å². The Hall–Kier alpha value is -2.01. The van der Waals surface area contributed by atoms with Gasteiger partial charge in [-0.3, -0.25) is 4.79 Å². The van der Waals surface area contributed by atoms with Crippen LogP contribution in [0.4, 0.5) is 0 Å². The summed E-state index contributed by atoms with van der Waals surface area (Å²) in [4.78, 5) is 16.2. The molecule has 0 bridgehead atoms. The highest BCUT2D eigenvalue weighted by Gasteiger charge is 2.13. The number of aromatic nitrogens is 3. The number of thiazole rings is 1. The Morgan fingerprint density at radius 1 is 1.41 bits per heavy atom. The first-order chi connectivity index (χ1) is 8.34. The van der Waals surface area contributed by atoms with Gasteiger partial charge in [-0.05, 0) is 12.1 Å². The molecule has 17 heavy (non-hydrogen) atoms. The lowest BCUT2D eigenvalue weighted by molar-refractivity contribution is 0.0994. The fourth-order valence-electron chi connectivity index (χ4n) is 1.72. The Morgan fingerprint density at radius 2 is 2.35 bits per heavy atom. The molecular formula is C12H9N3OS. The van der Waals surface area contributed by atoms with Crippen molar-refractivity contribution in [1.82, 2.24) is 14.6 Å². The minimum absolute atomic E-state index is 0.0566. The maximum Gasteiger partial charge on any atom is 0.173 e. The van der Waals surface area contributed by atoms with E-state index in [0.29, 0.717) is 12.0 Å². The summed E-state index contributed by atoms with van der Waals surface area (Å²) in [5.41, 5.74) is 1.50. The number of pyridine rings is 1. The third kappa shape index (κ3) is 1.85. The molecule has 3 rings (SSSR count). The van der Waals surface area contributed by atoms with Crippen molar-refractivity contribution in [3.63, 3.8) is 0 Å². The van der Waals surface area contributed by atoms with Crippen molar-refractivity contribution in [1.29, 1.82) is 0 Å². The summed E-state index contributed by atoms with van der Waals surface area (Å²) < 4.78 is 1.70. The molecule has 0 aliphatic heterocycles. The van der Waals surface area contributed by atoms with Gasteiger partial charge in [0.05, 0.1) is 23.7 Å². The van der Waals surface area contributed by atoms with Gasteiger partial charge in [-0.2, -0.15) is 5.10 Å². The molecule has 0 saturated heterocycles. The van der Waals surface area contributed by atoms with E-state index in [1.807, 2.05) is 29.8 Å². The minimum Gasteiger partial charge on any atom is -0.294 e. The van der Waals surface area contributed by atoms with Crippen LogP contribution in [0, 0.1) is 0 Å². The molecule has 3 heterocycles. The molecule has 0 radical (unpaired) electrons. The molecule has 0 amide bonds. The minimum atomic E-state index is 0.0566. The van der Waals surface area contributed by atoms with Gasteiger partial charge in [-0.1, -0.05) is 6.07 Å². The summed E-state index contributed by atoms with van der Waals surface area (Å²) in [6, 6.07) is 5.67. The van der Waals surface area contributed by atoms with Gasteiger partial charge in [-0.15, -0.1) is 11.3 Å². The molecule has 0 fully saturated rings. The summed E-state index contributed by atoms with van der Waals surface area (Å²) in [6.07, 6.45) is 5.50. The molecule has 0 aliphatic carbocycles. The van der Waals surface area contributed by atoms with Crippen molar-refractivity contribution in [2.24, 2.45) is 0 Å². The second-order valence-electron chi connectivity index (χ2n) is 3.61. The van der Waals surface area contributed by atoms with E-state index in [1.54, 1.807) is 16.9 Å². The molecule has 0 atom stereocenters. The van der Waals surface area contributed by atoms with Crippen LogP contribution in [0.15, 0.2) is 42.2 Å². The highest BCUT2D eigenvalue weighted by molar-refractivity contribution is 7.09. The van der Waals surface area contributed by atoms with Gasteiger partial charge < -0.3 is 0 Å². The van der Waals surface area contributed by atoms with E-state index < -0.39 is 0 Å². The topological polar surface area (TPSA) is 47.3 Å². The zero-order chi connectivity index (χ0) is 11.7. The van der Waals surface area contributed by atoms with Crippen LogP contribution in [0.25, 0.3) is 5.52 Å². The third-order valence-corrected chi connectivity index (χ3v) is 3.30.